The monoisotopic (exact) mass is 441 g/mol. The van der Waals surface area contributed by atoms with Gasteiger partial charge in [-0.3, -0.25) is 9.69 Å². The molecule has 0 aliphatic carbocycles. The van der Waals surface area contributed by atoms with Crippen LogP contribution in [0.15, 0.2) is 72.8 Å². The molecule has 1 spiro atoms. The quantitative estimate of drug-likeness (QED) is 0.618. The van der Waals surface area contributed by atoms with Crippen molar-refractivity contribution in [2.45, 2.75) is 18.6 Å². The molecule has 2 saturated heterocycles. The zero-order valence-electron chi connectivity index (χ0n) is 18.0. The van der Waals surface area contributed by atoms with Gasteiger partial charge in [-0.25, -0.2) is 9.69 Å². The molecule has 7 heteroatoms. The highest BCUT2D eigenvalue weighted by Crippen LogP contribution is 2.45. The molecule has 3 aromatic carbocycles. The van der Waals surface area contributed by atoms with E-state index in [9.17, 15) is 9.59 Å². The highest BCUT2D eigenvalue weighted by molar-refractivity contribution is 6.27. The molecule has 166 valence electrons. The minimum absolute atomic E-state index is 0.0199. The summed E-state index contributed by atoms with van der Waals surface area (Å²) in [6.07, 6.45) is 1.51. The lowest BCUT2D eigenvalue weighted by Crippen LogP contribution is -2.48. The van der Waals surface area contributed by atoms with Gasteiger partial charge in [0.25, 0.3) is 11.7 Å². The number of amides is 3. The first kappa shape index (κ1) is 19.8. The molecule has 0 bridgehead atoms. The summed E-state index contributed by atoms with van der Waals surface area (Å²) in [5, 5.41) is 3.31. The molecule has 3 amide bonds. The van der Waals surface area contributed by atoms with Gasteiger partial charge in [-0.2, -0.15) is 0 Å². The lowest BCUT2D eigenvalue weighted by molar-refractivity contribution is -0.115. The lowest BCUT2D eigenvalue weighted by Gasteiger charge is -2.31. The van der Waals surface area contributed by atoms with Gasteiger partial charge < -0.3 is 14.8 Å². The second kappa shape index (κ2) is 7.64. The van der Waals surface area contributed by atoms with Gasteiger partial charge >= 0.3 is 6.03 Å². The van der Waals surface area contributed by atoms with E-state index in [2.05, 4.69) is 5.32 Å². The van der Waals surface area contributed by atoms with Crippen molar-refractivity contribution >= 4 is 23.3 Å². The Bertz CT molecular complexity index is 1220. The number of nitrogens with one attached hydrogen (secondary N) is 1. The number of benzene rings is 3. The molecule has 0 aromatic heterocycles. The van der Waals surface area contributed by atoms with Gasteiger partial charge in [-0.1, -0.05) is 42.5 Å². The zero-order valence-corrected chi connectivity index (χ0v) is 18.0. The van der Waals surface area contributed by atoms with E-state index in [1.807, 2.05) is 60.7 Å². The predicted octanol–water partition coefficient (Wildman–Crippen LogP) is 4.18. The van der Waals surface area contributed by atoms with Crippen molar-refractivity contribution < 1.29 is 19.1 Å². The number of hydrogen-bond acceptors (Lipinski definition) is 5. The average Bonchev–Trinajstić information content (AvgIpc) is 3.35. The van der Waals surface area contributed by atoms with Gasteiger partial charge in [0.15, 0.2) is 11.5 Å². The average molecular weight is 441 g/mol. The molecule has 0 atom stereocenters. The molecular formula is C26H23N3O4. The standard InChI is InChI=1S/C26H23N3O4/c30-24-17-28(21-10-11-22-23(16-21)33-26(32-22)12-14-27-15-13-26)25(31)29(24)20-8-6-19(7-9-20)18-4-2-1-3-5-18/h1-11,16,27H,12-15,17H2. The molecule has 7 nitrogen and oxygen atoms in total. The summed E-state index contributed by atoms with van der Waals surface area (Å²) in [5.41, 5.74) is 3.28. The first-order valence-corrected chi connectivity index (χ1v) is 11.1. The molecule has 3 aromatic rings. The molecule has 1 N–H and O–H groups in total. The van der Waals surface area contributed by atoms with Crippen molar-refractivity contribution in [3.63, 3.8) is 0 Å². The molecule has 33 heavy (non-hydrogen) atoms. The summed E-state index contributed by atoms with van der Waals surface area (Å²) in [6, 6.07) is 22.5. The molecule has 0 unspecified atom stereocenters. The van der Waals surface area contributed by atoms with Crippen molar-refractivity contribution in [2.24, 2.45) is 0 Å². The van der Waals surface area contributed by atoms with E-state index in [4.69, 9.17) is 9.47 Å². The number of carbonyl (C=O) groups excluding carboxylic acids is 2. The van der Waals surface area contributed by atoms with Crippen LogP contribution >= 0.6 is 0 Å². The van der Waals surface area contributed by atoms with E-state index in [0.29, 0.717) is 22.9 Å². The number of urea groups is 1. The number of hydrogen-bond donors (Lipinski definition) is 1. The Morgan fingerprint density at radius 2 is 1.42 bits per heavy atom. The van der Waals surface area contributed by atoms with Crippen molar-refractivity contribution in [3.05, 3.63) is 72.8 Å². The molecule has 3 heterocycles. The van der Waals surface area contributed by atoms with Crippen molar-refractivity contribution in [2.75, 3.05) is 29.4 Å². The van der Waals surface area contributed by atoms with Gasteiger partial charge in [0.2, 0.25) is 0 Å². The Labute approximate surface area is 191 Å². The largest absolute Gasteiger partial charge is 0.448 e. The highest BCUT2D eigenvalue weighted by Gasteiger charge is 2.44. The van der Waals surface area contributed by atoms with Crippen molar-refractivity contribution in [3.8, 4) is 22.6 Å². The number of rotatable bonds is 3. The maximum atomic E-state index is 13.2. The summed E-state index contributed by atoms with van der Waals surface area (Å²) in [4.78, 5) is 28.7. The number of piperidine rings is 1. The number of imide groups is 1. The van der Waals surface area contributed by atoms with Crippen LogP contribution in [0.4, 0.5) is 16.2 Å². The second-order valence-electron chi connectivity index (χ2n) is 8.51. The number of anilines is 2. The third kappa shape index (κ3) is 3.41. The van der Waals surface area contributed by atoms with Crippen LogP contribution < -0.4 is 24.6 Å². The van der Waals surface area contributed by atoms with Crippen LogP contribution in [0.3, 0.4) is 0 Å². The zero-order chi connectivity index (χ0) is 22.4. The van der Waals surface area contributed by atoms with E-state index in [1.54, 1.807) is 12.1 Å². The fourth-order valence-electron chi connectivity index (χ4n) is 4.65. The normalized spacial score (nSPS) is 18.9. The Hall–Kier alpha value is -3.84. The molecule has 3 aliphatic heterocycles. The van der Waals surface area contributed by atoms with Gasteiger partial charge in [0.1, 0.15) is 6.54 Å². The summed E-state index contributed by atoms with van der Waals surface area (Å²) in [7, 11) is 0. The predicted molar refractivity (Wildman–Crippen MR) is 125 cm³/mol. The lowest BCUT2D eigenvalue weighted by atomic mass is 10.1. The third-order valence-electron chi connectivity index (χ3n) is 6.39. The van der Waals surface area contributed by atoms with Crippen LogP contribution in [-0.2, 0) is 4.79 Å². The van der Waals surface area contributed by atoms with Gasteiger partial charge in [-0.05, 0) is 35.4 Å². The SMILES string of the molecule is O=C1CN(c2ccc3c(c2)OC2(CCNCC2)O3)C(=O)N1c1ccc(-c2ccccc2)cc1. The minimum Gasteiger partial charge on any atom is -0.448 e. The van der Waals surface area contributed by atoms with E-state index >= 15 is 0 Å². The smallest absolute Gasteiger partial charge is 0.336 e. The van der Waals surface area contributed by atoms with E-state index in [-0.39, 0.29) is 18.5 Å². The van der Waals surface area contributed by atoms with Gasteiger partial charge in [-0.15, -0.1) is 0 Å². The molecule has 0 radical (unpaired) electrons. The van der Waals surface area contributed by atoms with Crippen LogP contribution in [-0.4, -0.2) is 37.4 Å². The maximum Gasteiger partial charge on any atom is 0.336 e. The number of nitrogens with zero attached hydrogens (tertiary/aromatic N) is 2. The number of fused-ring (bicyclic) bond motifs is 1. The number of ether oxygens (including phenoxy) is 2. The minimum atomic E-state index is -0.635. The van der Waals surface area contributed by atoms with E-state index in [0.717, 1.165) is 37.1 Å². The van der Waals surface area contributed by atoms with Crippen molar-refractivity contribution in [1.29, 1.82) is 0 Å². The maximum absolute atomic E-state index is 13.2. The summed E-state index contributed by atoms with van der Waals surface area (Å²) in [6.45, 7) is 1.64. The van der Waals surface area contributed by atoms with Crippen LogP contribution in [0.1, 0.15) is 12.8 Å². The van der Waals surface area contributed by atoms with Crippen LogP contribution in [0.2, 0.25) is 0 Å². The fourth-order valence-corrected chi connectivity index (χ4v) is 4.65. The van der Waals surface area contributed by atoms with Gasteiger partial charge in [0.05, 0.1) is 11.4 Å². The van der Waals surface area contributed by atoms with Crippen molar-refractivity contribution in [1.82, 2.24) is 5.32 Å². The molecule has 2 fully saturated rings. The van der Waals surface area contributed by atoms with Crippen LogP contribution in [0, 0.1) is 0 Å². The Morgan fingerprint density at radius 1 is 0.758 bits per heavy atom. The first-order chi connectivity index (χ1) is 16.1. The number of carbonyl (C=O) groups is 2. The summed E-state index contributed by atoms with van der Waals surface area (Å²) >= 11 is 0. The molecule has 6 rings (SSSR count). The van der Waals surface area contributed by atoms with E-state index in [1.165, 1.54) is 9.80 Å². The molecule has 3 aliphatic rings. The second-order valence-corrected chi connectivity index (χ2v) is 8.51. The molecule has 0 saturated carbocycles. The first-order valence-electron chi connectivity index (χ1n) is 11.1. The van der Waals surface area contributed by atoms with Crippen LogP contribution in [0.25, 0.3) is 11.1 Å². The Morgan fingerprint density at radius 3 is 2.18 bits per heavy atom. The molecular weight excluding hydrogens is 418 g/mol. The highest BCUT2D eigenvalue weighted by atomic mass is 16.7. The Kier molecular flexibility index (Phi) is 4.58. The summed E-state index contributed by atoms with van der Waals surface area (Å²) < 4.78 is 12.3. The van der Waals surface area contributed by atoms with Crippen LogP contribution in [0.5, 0.6) is 11.5 Å². The van der Waals surface area contributed by atoms with Gasteiger partial charge in [0, 0.05) is 32.0 Å². The Balaban J connectivity index is 1.23. The topological polar surface area (TPSA) is 71.1 Å². The fraction of sp³-hybridized carbons (Fsp3) is 0.231. The summed E-state index contributed by atoms with van der Waals surface area (Å²) in [5.74, 6) is 0.385. The van der Waals surface area contributed by atoms with E-state index < -0.39 is 5.79 Å². The third-order valence-corrected chi connectivity index (χ3v) is 6.39.